The molecule has 1 heterocycles. The molecule has 3 aromatic rings. The molecular formula is C24H24N4O5. The minimum atomic E-state index is -1.22. The van der Waals surface area contributed by atoms with Crippen LogP contribution in [0.5, 0.6) is 0 Å². The number of carbonyl (C=O) groups excluding carboxylic acids is 1. The van der Waals surface area contributed by atoms with Gasteiger partial charge >= 0.3 is 18.0 Å². The lowest BCUT2D eigenvalue weighted by molar-refractivity contribution is 0.0696. The lowest BCUT2D eigenvalue weighted by atomic mass is 10.1. The number of aryl methyl sites for hydroxylation is 2. The molecule has 33 heavy (non-hydrogen) atoms. The van der Waals surface area contributed by atoms with Gasteiger partial charge < -0.3 is 20.1 Å². The number of anilines is 1. The van der Waals surface area contributed by atoms with Gasteiger partial charge in [-0.2, -0.15) is 5.10 Å². The average molecular weight is 448 g/mol. The third-order valence-corrected chi connectivity index (χ3v) is 5.36. The molecule has 0 aliphatic rings. The first kappa shape index (κ1) is 23.3. The van der Waals surface area contributed by atoms with Crippen molar-refractivity contribution in [1.29, 1.82) is 0 Å². The number of hydrogen-bond donors (Lipinski definition) is 4. The molecule has 1 aromatic heterocycles. The first-order valence-corrected chi connectivity index (χ1v) is 10.1. The summed E-state index contributed by atoms with van der Waals surface area (Å²) in [5.41, 5.74) is 7.41. The van der Waals surface area contributed by atoms with E-state index in [1.165, 1.54) is 18.3 Å². The van der Waals surface area contributed by atoms with Crippen molar-refractivity contribution in [3.63, 3.8) is 0 Å². The van der Waals surface area contributed by atoms with E-state index < -0.39 is 18.0 Å². The number of carboxylic acids is 2. The van der Waals surface area contributed by atoms with Crippen LogP contribution in [0.25, 0.3) is 5.69 Å². The number of nitrogens with one attached hydrogen (secondary N) is 2. The number of hydrazone groups is 1. The Hall–Kier alpha value is -4.40. The third-order valence-electron chi connectivity index (χ3n) is 5.36. The highest BCUT2D eigenvalue weighted by Crippen LogP contribution is 2.23. The molecule has 0 unspecified atom stereocenters. The highest BCUT2D eigenvalue weighted by Gasteiger charge is 2.16. The van der Waals surface area contributed by atoms with E-state index in [4.69, 9.17) is 0 Å². The van der Waals surface area contributed by atoms with Crippen molar-refractivity contribution in [3.05, 3.63) is 81.7 Å². The fourth-order valence-electron chi connectivity index (χ4n) is 3.50. The molecule has 4 N–H and O–H groups in total. The molecule has 0 spiro atoms. The first-order chi connectivity index (χ1) is 15.6. The Morgan fingerprint density at radius 2 is 1.58 bits per heavy atom. The SMILES string of the molecule is Cc1cccc(NC(=O)N/N=C/c2cc(C)n(-c3cc(C(=O)O)cc(C(=O)O)c3)c2C)c1C. The summed E-state index contributed by atoms with van der Waals surface area (Å²) in [6, 6.07) is 10.9. The Morgan fingerprint density at radius 1 is 0.939 bits per heavy atom. The van der Waals surface area contributed by atoms with Crippen LogP contribution in [-0.4, -0.2) is 39.0 Å². The monoisotopic (exact) mass is 448 g/mol. The van der Waals surface area contributed by atoms with E-state index in [0.29, 0.717) is 22.6 Å². The van der Waals surface area contributed by atoms with E-state index in [9.17, 15) is 24.6 Å². The van der Waals surface area contributed by atoms with Gasteiger partial charge in [-0.1, -0.05) is 12.1 Å². The van der Waals surface area contributed by atoms with Crippen LogP contribution in [-0.2, 0) is 0 Å². The van der Waals surface area contributed by atoms with Gasteiger partial charge in [0.2, 0.25) is 0 Å². The zero-order valence-electron chi connectivity index (χ0n) is 18.6. The summed E-state index contributed by atoms with van der Waals surface area (Å²) >= 11 is 0. The zero-order valence-corrected chi connectivity index (χ0v) is 18.6. The summed E-state index contributed by atoms with van der Waals surface area (Å²) in [6.45, 7) is 7.47. The number of hydrogen-bond acceptors (Lipinski definition) is 4. The fraction of sp³-hybridized carbons (Fsp3) is 0.167. The maximum absolute atomic E-state index is 12.2. The maximum atomic E-state index is 12.2. The Morgan fingerprint density at radius 3 is 2.18 bits per heavy atom. The normalized spacial score (nSPS) is 10.9. The van der Waals surface area contributed by atoms with Gasteiger partial charge in [-0.3, -0.25) is 0 Å². The van der Waals surface area contributed by atoms with E-state index >= 15 is 0 Å². The van der Waals surface area contributed by atoms with Crippen LogP contribution in [0.1, 0.15) is 48.8 Å². The van der Waals surface area contributed by atoms with Gasteiger partial charge in [0, 0.05) is 28.3 Å². The number of urea groups is 1. The van der Waals surface area contributed by atoms with Gasteiger partial charge in [-0.05, 0) is 69.2 Å². The largest absolute Gasteiger partial charge is 0.478 e. The van der Waals surface area contributed by atoms with Crippen molar-refractivity contribution in [2.45, 2.75) is 27.7 Å². The van der Waals surface area contributed by atoms with Gasteiger partial charge in [0.25, 0.3) is 0 Å². The fourth-order valence-corrected chi connectivity index (χ4v) is 3.50. The number of rotatable bonds is 6. The van der Waals surface area contributed by atoms with Crippen molar-refractivity contribution in [1.82, 2.24) is 9.99 Å². The number of nitrogens with zero attached hydrogens (tertiary/aromatic N) is 2. The topological polar surface area (TPSA) is 133 Å². The van der Waals surface area contributed by atoms with E-state index in [1.54, 1.807) is 30.5 Å². The Kier molecular flexibility index (Phi) is 6.62. The molecule has 0 bridgehead atoms. The number of carboxylic acid groups (broad SMARTS) is 2. The Bertz CT molecular complexity index is 1260. The van der Waals surface area contributed by atoms with Crippen molar-refractivity contribution in [3.8, 4) is 5.69 Å². The number of amides is 2. The lowest BCUT2D eigenvalue weighted by Crippen LogP contribution is -2.24. The molecule has 3 rings (SSSR count). The van der Waals surface area contributed by atoms with Crippen LogP contribution >= 0.6 is 0 Å². The lowest BCUT2D eigenvalue weighted by Gasteiger charge is -2.12. The molecular weight excluding hydrogens is 424 g/mol. The van der Waals surface area contributed by atoms with Crippen molar-refractivity contribution >= 4 is 29.9 Å². The summed E-state index contributed by atoms with van der Waals surface area (Å²) in [4.78, 5) is 35.1. The second kappa shape index (κ2) is 9.39. The quantitative estimate of drug-likeness (QED) is 0.330. The molecule has 9 nitrogen and oxygen atoms in total. The van der Waals surface area contributed by atoms with E-state index in [2.05, 4.69) is 15.8 Å². The summed E-state index contributed by atoms with van der Waals surface area (Å²) in [7, 11) is 0. The molecule has 2 aromatic carbocycles. The number of aromatic nitrogens is 1. The average Bonchev–Trinajstić information content (AvgIpc) is 3.04. The molecule has 0 fully saturated rings. The molecule has 170 valence electrons. The molecule has 0 saturated heterocycles. The van der Waals surface area contributed by atoms with E-state index in [-0.39, 0.29) is 11.1 Å². The van der Waals surface area contributed by atoms with Crippen molar-refractivity contribution in [2.75, 3.05) is 5.32 Å². The molecule has 0 saturated carbocycles. The van der Waals surface area contributed by atoms with E-state index in [0.717, 1.165) is 22.9 Å². The first-order valence-electron chi connectivity index (χ1n) is 10.1. The van der Waals surface area contributed by atoms with Gasteiger partial charge in [-0.25, -0.2) is 19.8 Å². The van der Waals surface area contributed by atoms with Crippen molar-refractivity contribution < 1.29 is 24.6 Å². The Balaban J connectivity index is 1.83. The van der Waals surface area contributed by atoms with Crippen LogP contribution in [0.4, 0.5) is 10.5 Å². The number of carbonyl (C=O) groups is 3. The maximum Gasteiger partial charge on any atom is 0.339 e. The molecule has 0 aliphatic carbocycles. The smallest absolute Gasteiger partial charge is 0.339 e. The van der Waals surface area contributed by atoms with Gasteiger partial charge in [-0.15, -0.1) is 0 Å². The van der Waals surface area contributed by atoms with Crippen LogP contribution < -0.4 is 10.7 Å². The third kappa shape index (κ3) is 5.09. The molecule has 0 radical (unpaired) electrons. The standard InChI is InChI=1S/C24H24N4O5/c1-13-6-5-7-21(15(13)3)26-24(33)27-25-12-19-8-14(2)28(16(19)4)20-10-17(22(29)30)9-18(11-20)23(31)32/h5-12H,1-4H3,(H,29,30)(H,31,32)(H2,26,27,33)/b25-12+. The summed E-state index contributed by atoms with van der Waals surface area (Å²) in [5, 5.41) is 25.4. The molecule has 2 amide bonds. The second-order valence-electron chi connectivity index (χ2n) is 7.61. The minimum Gasteiger partial charge on any atom is -0.478 e. The molecule has 0 aliphatic heterocycles. The summed E-state index contributed by atoms with van der Waals surface area (Å²) in [5.74, 6) is -2.44. The molecule has 0 atom stereocenters. The van der Waals surface area contributed by atoms with Crippen LogP contribution in [0, 0.1) is 27.7 Å². The summed E-state index contributed by atoms with van der Waals surface area (Å²) in [6.07, 6.45) is 1.47. The number of benzene rings is 2. The van der Waals surface area contributed by atoms with Crippen LogP contribution in [0.3, 0.4) is 0 Å². The van der Waals surface area contributed by atoms with E-state index in [1.807, 2.05) is 26.0 Å². The van der Waals surface area contributed by atoms with Crippen LogP contribution in [0.15, 0.2) is 47.6 Å². The van der Waals surface area contributed by atoms with Gasteiger partial charge in [0.1, 0.15) is 0 Å². The summed E-state index contributed by atoms with van der Waals surface area (Å²) < 4.78 is 1.73. The number of aromatic carboxylic acids is 2. The highest BCUT2D eigenvalue weighted by molar-refractivity contribution is 5.95. The Labute approximate surface area is 190 Å². The van der Waals surface area contributed by atoms with Crippen molar-refractivity contribution in [2.24, 2.45) is 5.10 Å². The second-order valence-corrected chi connectivity index (χ2v) is 7.61. The highest BCUT2D eigenvalue weighted by atomic mass is 16.4. The predicted molar refractivity (Wildman–Crippen MR) is 125 cm³/mol. The zero-order chi connectivity index (χ0) is 24.3. The predicted octanol–water partition coefficient (Wildman–Crippen LogP) is 4.26. The van der Waals surface area contributed by atoms with Gasteiger partial charge in [0.05, 0.1) is 17.3 Å². The minimum absolute atomic E-state index is 0.127. The molecule has 9 heteroatoms. The van der Waals surface area contributed by atoms with Gasteiger partial charge in [0.15, 0.2) is 0 Å². The van der Waals surface area contributed by atoms with Crippen LogP contribution in [0.2, 0.25) is 0 Å².